The molecular formula is C18H18N2OS2. The highest BCUT2D eigenvalue weighted by Crippen LogP contribution is 2.25. The van der Waals surface area contributed by atoms with Crippen LogP contribution in [0.15, 0.2) is 46.5 Å². The predicted molar refractivity (Wildman–Crippen MR) is 97.0 cm³/mol. The summed E-state index contributed by atoms with van der Waals surface area (Å²) in [5, 5.41) is 10.0. The summed E-state index contributed by atoms with van der Waals surface area (Å²) in [5.74, 6) is 0.0285. The second-order valence-electron chi connectivity index (χ2n) is 5.36. The van der Waals surface area contributed by atoms with Gasteiger partial charge < -0.3 is 5.32 Å². The summed E-state index contributed by atoms with van der Waals surface area (Å²) in [4.78, 5) is 16.6. The van der Waals surface area contributed by atoms with Crippen molar-refractivity contribution in [1.82, 2.24) is 10.3 Å². The standard InChI is InChI=1S/C18H18N2OS2/c1-13-4-2-3-5-14(13)6-8-19-17(21)10-16-12-23-18(20-16)15-7-9-22-11-15/h2-5,7,9,11-12H,6,8,10H2,1H3,(H,19,21). The van der Waals surface area contributed by atoms with Gasteiger partial charge in [-0.2, -0.15) is 11.3 Å². The second kappa shape index (κ2) is 7.53. The molecule has 0 radical (unpaired) electrons. The van der Waals surface area contributed by atoms with E-state index in [0.29, 0.717) is 13.0 Å². The molecule has 0 atom stereocenters. The van der Waals surface area contributed by atoms with Crippen molar-refractivity contribution in [3.63, 3.8) is 0 Å². The maximum Gasteiger partial charge on any atom is 0.226 e. The van der Waals surface area contributed by atoms with Crippen LogP contribution in [-0.2, 0) is 17.6 Å². The molecule has 0 aliphatic carbocycles. The molecule has 0 aliphatic heterocycles. The largest absolute Gasteiger partial charge is 0.355 e. The number of benzene rings is 1. The van der Waals surface area contributed by atoms with Crippen molar-refractivity contribution in [3.8, 4) is 10.6 Å². The van der Waals surface area contributed by atoms with Crippen LogP contribution in [0.4, 0.5) is 0 Å². The Hall–Kier alpha value is -1.98. The van der Waals surface area contributed by atoms with Crippen molar-refractivity contribution in [2.24, 2.45) is 0 Å². The van der Waals surface area contributed by atoms with Gasteiger partial charge in [-0.05, 0) is 35.9 Å². The van der Waals surface area contributed by atoms with E-state index in [4.69, 9.17) is 0 Å². The Morgan fingerprint density at radius 2 is 2.09 bits per heavy atom. The van der Waals surface area contributed by atoms with Gasteiger partial charge in [-0.1, -0.05) is 24.3 Å². The molecule has 0 spiro atoms. The number of nitrogens with zero attached hydrogens (tertiary/aromatic N) is 1. The van der Waals surface area contributed by atoms with Gasteiger partial charge in [-0.3, -0.25) is 4.79 Å². The molecule has 0 fully saturated rings. The van der Waals surface area contributed by atoms with Gasteiger partial charge in [-0.15, -0.1) is 11.3 Å². The lowest BCUT2D eigenvalue weighted by molar-refractivity contribution is -0.120. The summed E-state index contributed by atoms with van der Waals surface area (Å²) >= 11 is 3.24. The Bertz CT molecular complexity index is 778. The monoisotopic (exact) mass is 342 g/mol. The third-order valence-corrected chi connectivity index (χ3v) is 5.26. The second-order valence-corrected chi connectivity index (χ2v) is 7.00. The maximum atomic E-state index is 12.0. The summed E-state index contributed by atoms with van der Waals surface area (Å²) in [6, 6.07) is 10.3. The lowest BCUT2D eigenvalue weighted by Gasteiger charge is -2.06. The minimum absolute atomic E-state index is 0.0285. The molecule has 0 unspecified atom stereocenters. The first-order valence-electron chi connectivity index (χ1n) is 7.50. The number of aromatic nitrogens is 1. The molecule has 2 heterocycles. The predicted octanol–water partition coefficient (Wildman–Crippen LogP) is 4.08. The third-order valence-electron chi connectivity index (χ3n) is 3.64. The highest BCUT2D eigenvalue weighted by Gasteiger charge is 2.09. The van der Waals surface area contributed by atoms with E-state index < -0.39 is 0 Å². The van der Waals surface area contributed by atoms with Crippen LogP contribution in [-0.4, -0.2) is 17.4 Å². The van der Waals surface area contributed by atoms with Crippen molar-refractivity contribution in [3.05, 3.63) is 63.3 Å². The molecule has 3 aromatic rings. The van der Waals surface area contributed by atoms with Crippen LogP contribution >= 0.6 is 22.7 Å². The lowest BCUT2D eigenvalue weighted by atomic mass is 10.1. The molecule has 23 heavy (non-hydrogen) atoms. The molecule has 0 saturated heterocycles. The maximum absolute atomic E-state index is 12.0. The summed E-state index contributed by atoms with van der Waals surface area (Å²) < 4.78 is 0. The smallest absolute Gasteiger partial charge is 0.226 e. The highest BCUT2D eigenvalue weighted by molar-refractivity contribution is 7.14. The minimum Gasteiger partial charge on any atom is -0.355 e. The molecule has 1 amide bonds. The van der Waals surface area contributed by atoms with Crippen molar-refractivity contribution < 1.29 is 4.79 Å². The molecule has 0 bridgehead atoms. The van der Waals surface area contributed by atoms with E-state index in [2.05, 4.69) is 40.8 Å². The number of rotatable bonds is 6. The Morgan fingerprint density at radius 1 is 1.22 bits per heavy atom. The summed E-state index contributed by atoms with van der Waals surface area (Å²) in [6.45, 7) is 2.75. The minimum atomic E-state index is 0.0285. The Balaban J connectivity index is 1.49. The molecule has 1 N–H and O–H groups in total. The van der Waals surface area contributed by atoms with E-state index in [9.17, 15) is 4.79 Å². The van der Waals surface area contributed by atoms with Gasteiger partial charge >= 0.3 is 0 Å². The number of nitrogens with one attached hydrogen (secondary N) is 1. The Morgan fingerprint density at radius 3 is 2.87 bits per heavy atom. The summed E-state index contributed by atoms with van der Waals surface area (Å²) in [7, 11) is 0. The van der Waals surface area contributed by atoms with Gasteiger partial charge in [0.15, 0.2) is 0 Å². The number of amides is 1. The van der Waals surface area contributed by atoms with Gasteiger partial charge in [0.05, 0.1) is 12.1 Å². The first kappa shape index (κ1) is 15.9. The molecule has 3 nitrogen and oxygen atoms in total. The van der Waals surface area contributed by atoms with Crippen LogP contribution < -0.4 is 5.32 Å². The zero-order valence-corrected chi connectivity index (χ0v) is 14.5. The van der Waals surface area contributed by atoms with Gasteiger partial charge in [0, 0.05) is 22.9 Å². The molecule has 0 aliphatic rings. The number of thiophene rings is 1. The van der Waals surface area contributed by atoms with Crippen LogP contribution in [0, 0.1) is 6.92 Å². The number of aryl methyl sites for hydroxylation is 1. The molecule has 0 saturated carbocycles. The van der Waals surface area contributed by atoms with Gasteiger partial charge in [0.2, 0.25) is 5.91 Å². The van der Waals surface area contributed by atoms with Crippen LogP contribution in [0.3, 0.4) is 0 Å². The molecule has 3 rings (SSSR count). The molecular weight excluding hydrogens is 324 g/mol. The van der Waals surface area contributed by atoms with Crippen molar-refractivity contribution in [2.45, 2.75) is 19.8 Å². The zero-order valence-electron chi connectivity index (χ0n) is 12.9. The van der Waals surface area contributed by atoms with Crippen LogP contribution in [0.25, 0.3) is 10.6 Å². The fraction of sp³-hybridized carbons (Fsp3) is 0.222. The lowest BCUT2D eigenvalue weighted by Crippen LogP contribution is -2.27. The van der Waals surface area contributed by atoms with Crippen molar-refractivity contribution in [2.75, 3.05) is 6.54 Å². The van der Waals surface area contributed by atoms with Gasteiger partial charge in [0.1, 0.15) is 5.01 Å². The first-order chi connectivity index (χ1) is 11.2. The third kappa shape index (κ3) is 4.27. The van der Waals surface area contributed by atoms with Crippen molar-refractivity contribution in [1.29, 1.82) is 0 Å². The first-order valence-corrected chi connectivity index (χ1v) is 9.33. The Kier molecular flexibility index (Phi) is 5.20. The van der Waals surface area contributed by atoms with E-state index in [0.717, 1.165) is 22.7 Å². The van der Waals surface area contributed by atoms with E-state index in [-0.39, 0.29) is 5.91 Å². The van der Waals surface area contributed by atoms with Crippen molar-refractivity contribution >= 4 is 28.6 Å². The summed E-state index contributed by atoms with van der Waals surface area (Å²) in [6.07, 6.45) is 1.20. The Labute approximate surface area is 144 Å². The zero-order chi connectivity index (χ0) is 16.1. The van der Waals surface area contributed by atoms with E-state index in [1.165, 1.54) is 11.1 Å². The number of carbonyl (C=O) groups is 1. The van der Waals surface area contributed by atoms with Crippen LogP contribution in [0.5, 0.6) is 0 Å². The SMILES string of the molecule is Cc1ccccc1CCNC(=O)Cc1csc(-c2ccsc2)n1. The van der Waals surface area contributed by atoms with E-state index in [1.807, 2.05) is 22.9 Å². The number of hydrogen-bond acceptors (Lipinski definition) is 4. The average molecular weight is 342 g/mol. The average Bonchev–Trinajstić information content (AvgIpc) is 3.20. The number of thiazole rings is 1. The molecule has 118 valence electrons. The van der Waals surface area contributed by atoms with Gasteiger partial charge in [-0.25, -0.2) is 4.98 Å². The van der Waals surface area contributed by atoms with Gasteiger partial charge in [0.25, 0.3) is 0 Å². The fourth-order valence-electron chi connectivity index (χ4n) is 2.36. The number of hydrogen-bond donors (Lipinski definition) is 1. The van der Waals surface area contributed by atoms with Crippen LogP contribution in [0.2, 0.25) is 0 Å². The topological polar surface area (TPSA) is 42.0 Å². The quantitative estimate of drug-likeness (QED) is 0.733. The number of carbonyl (C=O) groups excluding carboxylic acids is 1. The summed E-state index contributed by atoms with van der Waals surface area (Å²) in [5.41, 5.74) is 4.51. The van der Waals surface area contributed by atoms with E-state index >= 15 is 0 Å². The fourth-order valence-corrected chi connectivity index (χ4v) is 3.89. The molecule has 2 aromatic heterocycles. The molecule has 5 heteroatoms. The molecule has 1 aromatic carbocycles. The van der Waals surface area contributed by atoms with Crippen LogP contribution in [0.1, 0.15) is 16.8 Å². The normalized spacial score (nSPS) is 10.7. The highest BCUT2D eigenvalue weighted by atomic mass is 32.1. The van der Waals surface area contributed by atoms with E-state index in [1.54, 1.807) is 22.7 Å².